The molecule has 1 saturated heterocycles. The van der Waals surface area contributed by atoms with Gasteiger partial charge < -0.3 is 15.1 Å². The smallest absolute Gasteiger partial charge is 0.291 e. The number of anilines is 2. The van der Waals surface area contributed by atoms with E-state index in [9.17, 15) is 4.79 Å². The number of nitrogens with one attached hydrogen (secondary N) is 1. The van der Waals surface area contributed by atoms with Crippen molar-refractivity contribution in [2.24, 2.45) is 0 Å². The molecule has 3 heterocycles. The van der Waals surface area contributed by atoms with Gasteiger partial charge in [0, 0.05) is 50.7 Å². The lowest BCUT2D eigenvalue weighted by molar-refractivity contribution is 0.0815. The highest BCUT2D eigenvalue weighted by molar-refractivity contribution is 5.90. The van der Waals surface area contributed by atoms with Crippen LogP contribution in [-0.4, -0.2) is 64.0 Å². The van der Waals surface area contributed by atoms with Gasteiger partial charge in [-0.2, -0.15) is 0 Å². The van der Waals surface area contributed by atoms with Gasteiger partial charge in [0.05, 0.1) is 11.4 Å². The van der Waals surface area contributed by atoms with Crippen LogP contribution in [-0.2, 0) is 0 Å². The van der Waals surface area contributed by atoms with Gasteiger partial charge in [-0.05, 0) is 34.1 Å². The minimum absolute atomic E-state index is 0.182. The third-order valence-electron chi connectivity index (χ3n) is 4.87. The Balaban J connectivity index is 1.80. The maximum atomic E-state index is 12.3. The second-order valence-electron chi connectivity index (χ2n) is 7.30. The molecule has 2 aromatic rings. The Morgan fingerprint density at radius 1 is 1.15 bits per heavy atom. The number of carbonyl (C=O) groups is 1. The number of amides is 1. The SMILES string of the molecule is Cc1cnc(C)c(N[C@@H]2CCN(c3nc(C(=O)N(C)C)nc(C)c3C)C2)n1. The fourth-order valence-corrected chi connectivity index (χ4v) is 3.16. The molecule has 1 fully saturated rings. The molecule has 0 unspecified atom stereocenters. The number of hydrogen-bond acceptors (Lipinski definition) is 7. The zero-order valence-electron chi connectivity index (χ0n) is 16.9. The molecule has 8 heteroatoms. The number of aryl methyl sites for hydroxylation is 3. The van der Waals surface area contributed by atoms with Crippen LogP contribution < -0.4 is 10.2 Å². The minimum Gasteiger partial charge on any atom is -0.364 e. The van der Waals surface area contributed by atoms with Crippen LogP contribution >= 0.6 is 0 Å². The highest BCUT2D eigenvalue weighted by Crippen LogP contribution is 2.25. The Morgan fingerprint density at radius 2 is 1.89 bits per heavy atom. The average Bonchev–Trinajstić information content (AvgIpc) is 3.08. The summed E-state index contributed by atoms with van der Waals surface area (Å²) < 4.78 is 0. The normalized spacial score (nSPS) is 16.5. The maximum absolute atomic E-state index is 12.3. The number of carbonyl (C=O) groups excluding carboxylic acids is 1. The lowest BCUT2D eigenvalue weighted by atomic mass is 10.2. The summed E-state index contributed by atoms with van der Waals surface area (Å²) in [5.41, 5.74) is 3.64. The van der Waals surface area contributed by atoms with Gasteiger partial charge in [-0.15, -0.1) is 0 Å². The van der Waals surface area contributed by atoms with E-state index in [1.165, 1.54) is 4.90 Å². The molecule has 8 nitrogen and oxygen atoms in total. The van der Waals surface area contributed by atoms with Crippen molar-refractivity contribution in [2.45, 2.75) is 40.2 Å². The van der Waals surface area contributed by atoms with Crippen molar-refractivity contribution in [1.82, 2.24) is 24.8 Å². The van der Waals surface area contributed by atoms with Crippen LogP contribution in [0, 0.1) is 27.7 Å². The van der Waals surface area contributed by atoms with E-state index >= 15 is 0 Å². The predicted molar refractivity (Wildman–Crippen MR) is 105 cm³/mol. The molecular formula is C19H27N7O. The quantitative estimate of drug-likeness (QED) is 0.880. The van der Waals surface area contributed by atoms with Crippen LogP contribution in [0.1, 0.15) is 39.7 Å². The van der Waals surface area contributed by atoms with Crippen molar-refractivity contribution < 1.29 is 4.79 Å². The molecule has 0 bridgehead atoms. The van der Waals surface area contributed by atoms with E-state index in [4.69, 9.17) is 0 Å². The van der Waals surface area contributed by atoms with Crippen LogP contribution in [0.3, 0.4) is 0 Å². The topological polar surface area (TPSA) is 87.1 Å². The summed E-state index contributed by atoms with van der Waals surface area (Å²) in [6.45, 7) is 9.48. The second-order valence-corrected chi connectivity index (χ2v) is 7.30. The molecule has 0 aliphatic carbocycles. The summed E-state index contributed by atoms with van der Waals surface area (Å²) >= 11 is 0. The van der Waals surface area contributed by atoms with E-state index in [1.807, 2.05) is 27.7 Å². The van der Waals surface area contributed by atoms with Gasteiger partial charge in [-0.25, -0.2) is 15.0 Å². The summed E-state index contributed by atoms with van der Waals surface area (Å²) in [5, 5.41) is 3.51. The molecule has 1 N–H and O–H groups in total. The Labute approximate surface area is 160 Å². The van der Waals surface area contributed by atoms with Crippen molar-refractivity contribution in [2.75, 3.05) is 37.4 Å². The van der Waals surface area contributed by atoms with E-state index < -0.39 is 0 Å². The molecule has 1 aliphatic rings. The minimum atomic E-state index is -0.182. The van der Waals surface area contributed by atoms with Gasteiger partial charge in [-0.1, -0.05) is 0 Å². The van der Waals surface area contributed by atoms with Crippen molar-refractivity contribution in [3.63, 3.8) is 0 Å². The lowest BCUT2D eigenvalue weighted by Gasteiger charge is -2.22. The third-order valence-corrected chi connectivity index (χ3v) is 4.87. The van der Waals surface area contributed by atoms with Crippen molar-refractivity contribution in [1.29, 1.82) is 0 Å². The van der Waals surface area contributed by atoms with E-state index in [0.717, 1.165) is 53.8 Å². The number of rotatable bonds is 4. The molecule has 3 rings (SSSR count). The molecule has 1 atom stereocenters. The standard InChI is InChI=1S/C19H27N7O/c1-11-9-20-14(4)16(21-11)23-15-7-8-26(10-15)18-12(2)13(3)22-17(24-18)19(27)25(5)6/h9,15H,7-8,10H2,1-6H3,(H,21,23)/t15-/m1/s1. The Bertz CT molecular complexity index is 865. The Kier molecular flexibility index (Phi) is 5.25. The molecule has 0 aromatic carbocycles. The molecule has 0 radical (unpaired) electrons. The molecule has 2 aromatic heterocycles. The van der Waals surface area contributed by atoms with Gasteiger partial charge in [0.1, 0.15) is 11.6 Å². The summed E-state index contributed by atoms with van der Waals surface area (Å²) in [6.07, 6.45) is 2.74. The number of hydrogen-bond donors (Lipinski definition) is 1. The number of aromatic nitrogens is 4. The van der Waals surface area contributed by atoms with Crippen LogP contribution in [0.5, 0.6) is 0 Å². The molecule has 27 heavy (non-hydrogen) atoms. The van der Waals surface area contributed by atoms with Gasteiger partial charge in [0.2, 0.25) is 5.82 Å². The third kappa shape index (κ3) is 3.99. The van der Waals surface area contributed by atoms with Gasteiger partial charge >= 0.3 is 0 Å². The van der Waals surface area contributed by atoms with Crippen molar-refractivity contribution >= 4 is 17.5 Å². The second kappa shape index (κ2) is 7.46. The Hall–Kier alpha value is -2.77. The first-order chi connectivity index (χ1) is 12.8. The van der Waals surface area contributed by atoms with E-state index in [2.05, 4.69) is 30.2 Å². The zero-order valence-corrected chi connectivity index (χ0v) is 16.9. The highest BCUT2D eigenvalue weighted by atomic mass is 16.2. The van der Waals surface area contributed by atoms with Gasteiger partial charge in [-0.3, -0.25) is 9.78 Å². The fraction of sp³-hybridized carbons (Fsp3) is 0.526. The Morgan fingerprint density at radius 3 is 2.59 bits per heavy atom. The van der Waals surface area contributed by atoms with E-state index in [0.29, 0.717) is 0 Å². The highest BCUT2D eigenvalue weighted by Gasteiger charge is 2.27. The largest absolute Gasteiger partial charge is 0.364 e. The molecule has 1 amide bonds. The first-order valence-electron chi connectivity index (χ1n) is 9.15. The molecule has 144 valence electrons. The summed E-state index contributed by atoms with van der Waals surface area (Å²) in [7, 11) is 3.42. The van der Waals surface area contributed by atoms with Crippen LogP contribution in [0.2, 0.25) is 0 Å². The van der Waals surface area contributed by atoms with Gasteiger partial charge in [0.25, 0.3) is 5.91 Å². The summed E-state index contributed by atoms with van der Waals surface area (Å²) in [5.74, 6) is 1.73. The molecule has 1 aliphatic heterocycles. The number of nitrogens with zero attached hydrogens (tertiary/aromatic N) is 6. The first kappa shape index (κ1) is 19.0. The monoisotopic (exact) mass is 369 g/mol. The van der Waals surface area contributed by atoms with Crippen LogP contribution in [0.25, 0.3) is 0 Å². The first-order valence-corrected chi connectivity index (χ1v) is 9.15. The molecule has 0 saturated carbocycles. The summed E-state index contributed by atoms with van der Waals surface area (Å²) in [6, 6.07) is 0.252. The molecular weight excluding hydrogens is 342 g/mol. The van der Waals surface area contributed by atoms with E-state index in [1.54, 1.807) is 20.3 Å². The maximum Gasteiger partial charge on any atom is 0.291 e. The van der Waals surface area contributed by atoms with Gasteiger partial charge in [0.15, 0.2) is 0 Å². The fourth-order valence-electron chi connectivity index (χ4n) is 3.16. The van der Waals surface area contributed by atoms with Crippen molar-refractivity contribution in [3.8, 4) is 0 Å². The van der Waals surface area contributed by atoms with Crippen LogP contribution in [0.4, 0.5) is 11.6 Å². The van der Waals surface area contributed by atoms with Crippen LogP contribution in [0.15, 0.2) is 6.20 Å². The lowest BCUT2D eigenvalue weighted by Crippen LogP contribution is -2.30. The van der Waals surface area contributed by atoms with E-state index in [-0.39, 0.29) is 17.8 Å². The molecule has 0 spiro atoms. The van der Waals surface area contributed by atoms with Crippen molar-refractivity contribution in [3.05, 3.63) is 34.7 Å². The average molecular weight is 369 g/mol. The predicted octanol–water partition coefficient (Wildman–Crippen LogP) is 1.89. The zero-order chi connectivity index (χ0) is 19.7. The summed E-state index contributed by atoms with van der Waals surface area (Å²) in [4.78, 5) is 33.9.